The zero-order valence-corrected chi connectivity index (χ0v) is 21.7. The van der Waals surface area contributed by atoms with Crippen LogP contribution in [-0.4, -0.2) is 85.6 Å². The summed E-state index contributed by atoms with van der Waals surface area (Å²) in [6, 6.07) is 5.72. The summed E-state index contributed by atoms with van der Waals surface area (Å²) in [6.45, 7) is 10.0. The van der Waals surface area contributed by atoms with Crippen molar-refractivity contribution in [3.8, 4) is 0 Å². The fourth-order valence-electron chi connectivity index (χ4n) is 5.94. The molecule has 35 heavy (non-hydrogen) atoms. The molecular weight excluding hydrogens is 466 g/mol. The third-order valence-corrected chi connectivity index (χ3v) is 9.05. The lowest BCUT2D eigenvalue weighted by Gasteiger charge is -2.37. The van der Waals surface area contributed by atoms with Crippen molar-refractivity contribution in [2.45, 2.75) is 57.4 Å². The molecule has 0 N–H and O–H groups in total. The Bertz CT molecular complexity index is 1000. The number of piperidine rings is 1. The molecule has 0 saturated carbocycles. The number of anilines is 1. The van der Waals surface area contributed by atoms with Crippen LogP contribution in [0, 0.1) is 0 Å². The maximum Gasteiger partial charge on any atom is 0.270 e. The highest BCUT2D eigenvalue weighted by Crippen LogP contribution is 2.37. The van der Waals surface area contributed by atoms with E-state index in [1.165, 1.54) is 25.9 Å². The summed E-state index contributed by atoms with van der Waals surface area (Å²) >= 11 is 1.54. The largest absolute Gasteiger partial charge is 0.368 e. The average molecular weight is 505 g/mol. The molecule has 0 radical (unpaired) electrons. The van der Waals surface area contributed by atoms with E-state index in [0.717, 1.165) is 87.8 Å². The van der Waals surface area contributed by atoms with Crippen LogP contribution in [-0.2, 0) is 10.7 Å². The van der Waals surface area contributed by atoms with Gasteiger partial charge in [0.05, 0.1) is 5.69 Å². The number of carbonyl (C=O) groups excluding carboxylic acids is 1. The number of alkyl halides is 2. The second-order valence-corrected chi connectivity index (χ2v) is 11.4. The normalized spacial score (nSPS) is 21.3. The van der Waals surface area contributed by atoms with Crippen LogP contribution in [0.25, 0.3) is 10.1 Å². The molecular formula is C27H38F2N4OS. The van der Waals surface area contributed by atoms with Crippen molar-refractivity contribution in [3.05, 3.63) is 29.1 Å². The lowest BCUT2D eigenvalue weighted by atomic mass is 10.0. The Labute approximate surface area is 211 Å². The molecule has 8 heteroatoms. The molecule has 3 saturated heterocycles. The highest BCUT2D eigenvalue weighted by Gasteiger charge is 2.29. The predicted molar refractivity (Wildman–Crippen MR) is 140 cm³/mol. The summed E-state index contributed by atoms with van der Waals surface area (Å²) in [5.41, 5.74) is 1.23. The number of rotatable bonds is 7. The number of halogens is 2. The smallest absolute Gasteiger partial charge is 0.270 e. The van der Waals surface area contributed by atoms with Gasteiger partial charge in [-0.25, -0.2) is 8.78 Å². The van der Waals surface area contributed by atoms with Gasteiger partial charge in [-0.3, -0.25) is 9.69 Å². The average Bonchev–Trinajstić information content (AvgIpc) is 3.54. The molecule has 0 bridgehead atoms. The number of nitrogens with zero attached hydrogens (tertiary/aromatic N) is 4. The first-order valence-corrected chi connectivity index (χ1v) is 14.1. The molecule has 0 aliphatic carbocycles. The number of hydrogen-bond acceptors (Lipinski definition) is 5. The van der Waals surface area contributed by atoms with Gasteiger partial charge in [0.15, 0.2) is 0 Å². The fourth-order valence-corrected chi connectivity index (χ4v) is 6.95. The summed E-state index contributed by atoms with van der Waals surface area (Å²) in [5, 5.41) is 3.17. The van der Waals surface area contributed by atoms with Crippen molar-refractivity contribution in [1.29, 1.82) is 0 Å². The van der Waals surface area contributed by atoms with Crippen molar-refractivity contribution < 1.29 is 13.6 Å². The van der Waals surface area contributed by atoms with Gasteiger partial charge in [0.1, 0.15) is 0 Å². The molecule has 3 aliphatic rings. The number of likely N-dealkylation sites (tertiary alicyclic amines) is 2. The SMILES string of the molecule is CC(F)(F)c1ccc2c(N3CCN(CCCC(=O)N4CCC(N5CCCC5)CC4)CC3)csc2c1. The first-order chi connectivity index (χ1) is 16.9. The number of carbonyl (C=O) groups is 1. The Hall–Kier alpha value is -1.77. The quantitative estimate of drug-likeness (QED) is 0.531. The van der Waals surface area contributed by atoms with E-state index in [4.69, 9.17) is 0 Å². The minimum Gasteiger partial charge on any atom is -0.368 e. The summed E-state index contributed by atoms with van der Waals surface area (Å²) in [4.78, 5) is 22.3. The second kappa shape index (κ2) is 10.7. The maximum atomic E-state index is 13.7. The third kappa shape index (κ3) is 5.81. The number of benzene rings is 1. The Morgan fingerprint density at radius 3 is 2.43 bits per heavy atom. The summed E-state index contributed by atoms with van der Waals surface area (Å²) in [6.07, 6.45) is 6.49. The fraction of sp³-hybridized carbons (Fsp3) is 0.667. The number of hydrogen-bond donors (Lipinski definition) is 0. The Balaban J connectivity index is 1.04. The zero-order chi connectivity index (χ0) is 24.4. The Morgan fingerprint density at radius 2 is 1.74 bits per heavy atom. The van der Waals surface area contributed by atoms with Crippen LogP contribution in [0.1, 0.15) is 51.0 Å². The van der Waals surface area contributed by atoms with E-state index in [9.17, 15) is 13.6 Å². The van der Waals surface area contributed by atoms with Crippen LogP contribution in [0.4, 0.5) is 14.5 Å². The van der Waals surface area contributed by atoms with Gasteiger partial charge < -0.3 is 14.7 Å². The molecule has 0 unspecified atom stereocenters. The first kappa shape index (κ1) is 24.9. The van der Waals surface area contributed by atoms with Gasteiger partial charge in [-0.15, -0.1) is 11.3 Å². The summed E-state index contributed by atoms with van der Waals surface area (Å²) in [5.74, 6) is -2.49. The molecule has 5 nitrogen and oxygen atoms in total. The number of fused-ring (bicyclic) bond motifs is 1. The van der Waals surface area contributed by atoms with E-state index in [2.05, 4.69) is 25.0 Å². The molecule has 1 aromatic heterocycles. The lowest BCUT2D eigenvalue weighted by Crippen LogP contribution is -2.47. The molecule has 1 aromatic carbocycles. The molecule has 3 aliphatic heterocycles. The minimum atomic E-state index is -2.81. The van der Waals surface area contributed by atoms with Gasteiger partial charge in [-0.05, 0) is 57.8 Å². The molecule has 5 rings (SSSR count). The molecule has 4 heterocycles. The third-order valence-electron chi connectivity index (χ3n) is 8.11. The highest BCUT2D eigenvalue weighted by atomic mass is 32.1. The molecule has 2 aromatic rings. The number of amides is 1. The van der Waals surface area contributed by atoms with Crippen molar-refractivity contribution in [2.75, 3.05) is 63.8 Å². The highest BCUT2D eigenvalue weighted by molar-refractivity contribution is 7.17. The van der Waals surface area contributed by atoms with Crippen molar-refractivity contribution in [2.24, 2.45) is 0 Å². The van der Waals surface area contributed by atoms with E-state index in [1.54, 1.807) is 23.5 Å². The monoisotopic (exact) mass is 504 g/mol. The van der Waals surface area contributed by atoms with E-state index in [1.807, 2.05) is 6.07 Å². The molecule has 0 spiro atoms. The Morgan fingerprint density at radius 1 is 1.03 bits per heavy atom. The lowest BCUT2D eigenvalue weighted by molar-refractivity contribution is -0.132. The summed E-state index contributed by atoms with van der Waals surface area (Å²) < 4.78 is 28.3. The van der Waals surface area contributed by atoms with Crippen molar-refractivity contribution in [1.82, 2.24) is 14.7 Å². The van der Waals surface area contributed by atoms with Crippen LogP contribution >= 0.6 is 11.3 Å². The molecule has 1 amide bonds. The van der Waals surface area contributed by atoms with Crippen LogP contribution in [0.3, 0.4) is 0 Å². The van der Waals surface area contributed by atoms with E-state index < -0.39 is 5.92 Å². The minimum absolute atomic E-state index is 0.0775. The van der Waals surface area contributed by atoms with Gasteiger partial charge in [0.25, 0.3) is 5.92 Å². The zero-order valence-electron chi connectivity index (χ0n) is 20.9. The van der Waals surface area contributed by atoms with Crippen molar-refractivity contribution in [3.63, 3.8) is 0 Å². The van der Waals surface area contributed by atoms with Gasteiger partial charge in [-0.1, -0.05) is 12.1 Å². The molecule has 0 atom stereocenters. The van der Waals surface area contributed by atoms with Gasteiger partial charge in [0, 0.05) is 79.7 Å². The Kier molecular flexibility index (Phi) is 7.61. The molecule has 192 valence electrons. The number of piperazine rings is 1. The van der Waals surface area contributed by atoms with Crippen LogP contribution in [0.2, 0.25) is 0 Å². The van der Waals surface area contributed by atoms with E-state index in [0.29, 0.717) is 18.4 Å². The van der Waals surface area contributed by atoms with Crippen LogP contribution in [0.5, 0.6) is 0 Å². The predicted octanol–water partition coefficient (Wildman–Crippen LogP) is 5.00. The molecule has 3 fully saturated rings. The van der Waals surface area contributed by atoms with Gasteiger partial charge in [-0.2, -0.15) is 0 Å². The van der Waals surface area contributed by atoms with Crippen molar-refractivity contribution >= 4 is 33.0 Å². The maximum absolute atomic E-state index is 13.7. The van der Waals surface area contributed by atoms with Crippen LogP contribution < -0.4 is 4.90 Å². The standard InChI is InChI=1S/C27H38F2N4OS/c1-27(28,29)21-6-7-23-24(20-35-25(23)19-21)32-17-15-30(16-18-32)10-4-5-26(34)33-13-8-22(9-14-33)31-11-2-3-12-31/h6-7,19-20,22H,2-5,8-18H2,1H3. The van der Waals surface area contributed by atoms with E-state index >= 15 is 0 Å². The van der Waals surface area contributed by atoms with Crippen LogP contribution in [0.15, 0.2) is 23.6 Å². The number of thiophene rings is 1. The first-order valence-electron chi connectivity index (χ1n) is 13.3. The van der Waals surface area contributed by atoms with E-state index in [-0.39, 0.29) is 5.56 Å². The summed E-state index contributed by atoms with van der Waals surface area (Å²) in [7, 11) is 0. The van der Waals surface area contributed by atoms with Gasteiger partial charge >= 0.3 is 0 Å². The second-order valence-electron chi connectivity index (χ2n) is 10.5. The van der Waals surface area contributed by atoms with Gasteiger partial charge in [0.2, 0.25) is 5.91 Å². The topological polar surface area (TPSA) is 30.0 Å².